The van der Waals surface area contributed by atoms with Crippen molar-refractivity contribution < 1.29 is 23.9 Å². The highest BCUT2D eigenvalue weighted by atomic mass is 16.5. The minimum atomic E-state index is -0.666. The number of methoxy groups -OCH3 is 2. The van der Waals surface area contributed by atoms with E-state index < -0.39 is 11.9 Å². The van der Waals surface area contributed by atoms with E-state index in [2.05, 4.69) is 10.3 Å². The number of aromatic nitrogens is 2. The van der Waals surface area contributed by atoms with Crippen LogP contribution in [-0.4, -0.2) is 73.6 Å². The number of piperidine rings is 1. The smallest absolute Gasteiger partial charge is 0.259 e. The fraction of sp³-hybridized carbons (Fsp3) is 0.324. The van der Waals surface area contributed by atoms with Crippen LogP contribution in [0.3, 0.4) is 0 Å². The fourth-order valence-corrected chi connectivity index (χ4v) is 6.25. The summed E-state index contributed by atoms with van der Waals surface area (Å²) in [6, 6.07) is 10.8. The summed E-state index contributed by atoms with van der Waals surface area (Å²) in [6.45, 7) is 0.723. The first-order chi connectivity index (χ1) is 22.0. The van der Waals surface area contributed by atoms with Crippen molar-refractivity contribution in [3.05, 3.63) is 75.8 Å². The van der Waals surface area contributed by atoms with Gasteiger partial charge in [0.15, 0.2) is 0 Å². The maximum atomic E-state index is 13.2. The van der Waals surface area contributed by atoms with Crippen molar-refractivity contribution in [2.45, 2.75) is 32.0 Å². The summed E-state index contributed by atoms with van der Waals surface area (Å²) in [4.78, 5) is 60.1. The molecule has 0 aliphatic carbocycles. The van der Waals surface area contributed by atoms with Crippen molar-refractivity contribution in [2.75, 3.05) is 45.2 Å². The van der Waals surface area contributed by atoms with Gasteiger partial charge in [-0.15, -0.1) is 0 Å². The highest BCUT2D eigenvalue weighted by Crippen LogP contribution is 2.39. The third-order valence-corrected chi connectivity index (χ3v) is 8.77. The number of rotatable bonds is 8. The number of nitrogens with zero attached hydrogens (tertiary/aromatic N) is 5. The molecule has 12 nitrogen and oxygen atoms in total. The van der Waals surface area contributed by atoms with Gasteiger partial charge in [0.25, 0.3) is 11.5 Å². The van der Waals surface area contributed by atoms with Crippen LogP contribution in [-0.2, 0) is 29.7 Å². The molecule has 2 aromatic carbocycles. The third kappa shape index (κ3) is 5.29. The minimum absolute atomic E-state index is 0.134. The second-order valence-electron chi connectivity index (χ2n) is 11.9. The highest BCUT2D eigenvalue weighted by Gasteiger charge is 2.39. The van der Waals surface area contributed by atoms with Crippen LogP contribution in [0.25, 0.3) is 21.9 Å². The Balaban J connectivity index is 1.32. The molecular weight excluding hydrogens is 588 g/mol. The van der Waals surface area contributed by atoms with Crippen molar-refractivity contribution in [1.29, 1.82) is 0 Å². The molecule has 46 heavy (non-hydrogen) atoms. The number of hydrogen-bond donors (Lipinski definition) is 1. The van der Waals surface area contributed by atoms with Crippen molar-refractivity contribution in [3.8, 4) is 22.6 Å². The summed E-state index contributed by atoms with van der Waals surface area (Å²) >= 11 is 0. The number of ether oxygens (including phenoxy) is 2. The molecule has 4 aromatic rings. The van der Waals surface area contributed by atoms with E-state index >= 15 is 0 Å². The van der Waals surface area contributed by atoms with Gasteiger partial charge in [0.05, 0.1) is 25.2 Å². The number of hydrogen-bond acceptors (Lipinski definition) is 9. The standard InChI is InChI=1S/C34H36N6O6/c1-37(2)30-14-23-24(15-35-30)33(43)39(4)17-25(23)19-12-28(45-5)26(29(13-19)46-6)18-38(3)21-7-8-22-20(11-21)16-40(34(22)44)27-9-10-31(41)36-32(27)42/h7-8,11-15,17,27H,9-10,16,18H2,1-6H3,(H,36,41,42). The summed E-state index contributed by atoms with van der Waals surface area (Å²) in [6.07, 6.45) is 3.95. The Labute approximate surface area is 266 Å². The van der Waals surface area contributed by atoms with Crippen LogP contribution in [0.4, 0.5) is 11.5 Å². The van der Waals surface area contributed by atoms with Crippen molar-refractivity contribution >= 4 is 40.0 Å². The van der Waals surface area contributed by atoms with Crippen molar-refractivity contribution in [1.82, 2.24) is 19.8 Å². The van der Waals surface area contributed by atoms with Crippen molar-refractivity contribution in [3.63, 3.8) is 0 Å². The molecular formula is C34H36N6O6. The summed E-state index contributed by atoms with van der Waals surface area (Å²) in [5.74, 6) is 1.01. The molecule has 6 rings (SSSR count). The predicted molar refractivity (Wildman–Crippen MR) is 174 cm³/mol. The predicted octanol–water partition coefficient (Wildman–Crippen LogP) is 3.08. The molecule has 12 heteroatoms. The molecule has 1 atom stereocenters. The monoisotopic (exact) mass is 624 g/mol. The Morgan fingerprint density at radius 3 is 2.33 bits per heavy atom. The Morgan fingerprint density at radius 2 is 1.67 bits per heavy atom. The van der Waals surface area contributed by atoms with Gasteiger partial charge >= 0.3 is 0 Å². The number of fused-ring (bicyclic) bond motifs is 2. The molecule has 2 aromatic heterocycles. The molecule has 3 amide bonds. The molecule has 2 aliphatic heterocycles. The van der Waals surface area contributed by atoms with E-state index in [0.29, 0.717) is 42.0 Å². The number of pyridine rings is 2. The van der Waals surface area contributed by atoms with E-state index in [-0.39, 0.29) is 23.8 Å². The van der Waals surface area contributed by atoms with Crippen LogP contribution < -0.4 is 30.1 Å². The summed E-state index contributed by atoms with van der Waals surface area (Å²) in [5.41, 5.74) is 4.59. The zero-order valence-corrected chi connectivity index (χ0v) is 26.7. The van der Waals surface area contributed by atoms with Gasteiger partial charge in [-0.05, 0) is 53.9 Å². The second-order valence-corrected chi connectivity index (χ2v) is 11.9. The third-order valence-electron chi connectivity index (χ3n) is 8.77. The normalized spacial score (nSPS) is 16.0. The van der Waals surface area contributed by atoms with Gasteiger partial charge in [-0.3, -0.25) is 24.5 Å². The fourth-order valence-electron chi connectivity index (χ4n) is 6.25. The van der Waals surface area contributed by atoms with Crippen LogP contribution in [0.2, 0.25) is 0 Å². The van der Waals surface area contributed by atoms with Crippen LogP contribution in [0.5, 0.6) is 11.5 Å². The lowest BCUT2D eigenvalue weighted by Crippen LogP contribution is -2.52. The lowest BCUT2D eigenvalue weighted by Gasteiger charge is -2.29. The van der Waals surface area contributed by atoms with Crippen LogP contribution >= 0.6 is 0 Å². The number of benzene rings is 2. The Kier molecular flexibility index (Phi) is 7.89. The maximum absolute atomic E-state index is 13.2. The highest BCUT2D eigenvalue weighted by molar-refractivity contribution is 6.05. The van der Waals surface area contributed by atoms with Gasteiger partial charge in [-0.2, -0.15) is 0 Å². The van der Waals surface area contributed by atoms with E-state index in [0.717, 1.165) is 39.1 Å². The molecule has 1 N–H and O–H groups in total. The Hall–Kier alpha value is -5.39. The van der Waals surface area contributed by atoms with Gasteiger partial charge in [0, 0.05) is 82.3 Å². The molecule has 2 aliphatic rings. The molecule has 0 radical (unpaired) electrons. The minimum Gasteiger partial charge on any atom is -0.496 e. The van der Waals surface area contributed by atoms with Gasteiger partial charge in [0.1, 0.15) is 23.4 Å². The molecule has 0 spiro atoms. The Morgan fingerprint density at radius 1 is 0.957 bits per heavy atom. The molecule has 238 valence electrons. The van der Waals surface area contributed by atoms with Crippen LogP contribution in [0.1, 0.15) is 34.3 Å². The first-order valence-corrected chi connectivity index (χ1v) is 14.9. The largest absolute Gasteiger partial charge is 0.496 e. The number of aryl methyl sites for hydroxylation is 1. The average molecular weight is 625 g/mol. The lowest BCUT2D eigenvalue weighted by molar-refractivity contribution is -0.136. The number of nitrogens with one attached hydrogen (secondary N) is 1. The zero-order valence-electron chi connectivity index (χ0n) is 26.7. The van der Waals surface area contributed by atoms with Crippen molar-refractivity contribution in [2.24, 2.45) is 7.05 Å². The van der Waals surface area contributed by atoms with Crippen LogP contribution in [0, 0.1) is 0 Å². The quantitative estimate of drug-likeness (QED) is 0.295. The van der Waals surface area contributed by atoms with E-state index in [4.69, 9.17) is 9.47 Å². The zero-order chi connectivity index (χ0) is 32.9. The van der Waals surface area contributed by atoms with E-state index in [1.165, 1.54) is 0 Å². The molecule has 1 fully saturated rings. The molecule has 1 unspecified atom stereocenters. The number of anilines is 2. The van der Waals surface area contributed by atoms with Gasteiger partial charge in [0.2, 0.25) is 11.8 Å². The SMILES string of the molecule is COc1cc(-c2cn(C)c(=O)c3cnc(N(C)C)cc23)cc(OC)c1CN(C)c1ccc2c(c1)CN(C1CCC(=O)NC1=O)C2=O. The molecule has 1 saturated heterocycles. The Bertz CT molecular complexity index is 1940. The lowest BCUT2D eigenvalue weighted by atomic mass is 9.98. The number of amides is 3. The van der Waals surface area contributed by atoms with Gasteiger partial charge in [-0.25, -0.2) is 4.98 Å². The molecule has 4 heterocycles. The number of carbonyl (C=O) groups is 3. The van der Waals surface area contributed by atoms with Crippen LogP contribution in [0.15, 0.2) is 53.6 Å². The molecule has 0 saturated carbocycles. The van der Waals surface area contributed by atoms with E-state index in [1.54, 1.807) is 43.0 Å². The number of carbonyl (C=O) groups excluding carboxylic acids is 3. The summed E-state index contributed by atoms with van der Waals surface area (Å²) < 4.78 is 13.3. The van der Waals surface area contributed by atoms with Gasteiger partial charge in [-0.1, -0.05) is 0 Å². The first-order valence-electron chi connectivity index (χ1n) is 14.9. The van der Waals surface area contributed by atoms with E-state index in [1.807, 2.05) is 67.5 Å². The molecule has 0 bridgehead atoms. The van der Waals surface area contributed by atoms with Gasteiger partial charge < -0.3 is 28.7 Å². The topological polar surface area (TPSA) is 126 Å². The summed E-state index contributed by atoms with van der Waals surface area (Å²) in [7, 11) is 10.7. The second kappa shape index (κ2) is 11.8. The first kappa shape index (κ1) is 30.6. The maximum Gasteiger partial charge on any atom is 0.259 e. The van der Waals surface area contributed by atoms with E-state index in [9.17, 15) is 19.2 Å². The summed E-state index contributed by atoms with van der Waals surface area (Å²) in [5, 5.41) is 3.63. The average Bonchev–Trinajstić information content (AvgIpc) is 3.37. The number of imide groups is 1.